The van der Waals surface area contributed by atoms with Crippen LogP contribution in [0.25, 0.3) is 0 Å². The topological polar surface area (TPSA) is 62.9 Å². The summed E-state index contributed by atoms with van der Waals surface area (Å²) in [4.78, 5) is 8.52. The summed E-state index contributed by atoms with van der Waals surface area (Å²) in [6.07, 6.45) is 2.54. The van der Waals surface area contributed by atoms with Gasteiger partial charge in [-0.25, -0.2) is 0 Å². The second-order valence-electron chi connectivity index (χ2n) is 6.48. The molecule has 1 aliphatic rings. The monoisotopic (exact) mass is 338 g/mol. The van der Waals surface area contributed by atoms with Gasteiger partial charge >= 0.3 is 0 Å². The number of rotatable bonds is 7. The third-order valence-corrected chi connectivity index (χ3v) is 5.35. The van der Waals surface area contributed by atoms with Gasteiger partial charge in [0.1, 0.15) is 0 Å². The Morgan fingerprint density at radius 1 is 1.52 bits per heavy atom. The van der Waals surface area contributed by atoms with E-state index in [4.69, 9.17) is 10.5 Å². The lowest BCUT2D eigenvalue weighted by Gasteiger charge is -2.35. The number of hydrogen-bond donors (Lipinski definition) is 2. The van der Waals surface area contributed by atoms with Gasteiger partial charge in [-0.1, -0.05) is 13.0 Å². The van der Waals surface area contributed by atoms with Crippen LogP contribution in [0, 0.1) is 5.92 Å². The molecule has 130 valence electrons. The lowest BCUT2D eigenvalue weighted by Crippen LogP contribution is -2.42. The fourth-order valence-electron chi connectivity index (χ4n) is 2.98. The van der Waals surface area contributed by atoms with Crippen LogP contribution >= 0.6 is 11.3 Å². The number of nitrogens with zero attached hydrogens (tertiary/aromatic N) is 2. The molecule has 1 aliphatic heterocycles. The normalized spacial score (nSPS) is 20.4. The first-order valence-electron chi connectivity index (χ1n) is 8.43. The number of nitrogens with two attached hydrogens (primary N) is 1. The summed E-state index contributed by atoms with van der Waals surface area (Å²) in [5.41, 5.74) is 6.03. The van der Waals surface area contributed by atoms with Crippen molar-refractivity contribution >= 4 is 17.3 Å². The third-order valence-electron chi connectivity index (χ3n) is 4.38. The minimum absolute atomic E-state index is 0.166. The van der Waals surface area contributed by atoms with E-state index in [-0.39, 0.29) is 6.04 Å². The van der Waals surface area contributed by atoms with Crippen LogP contribution in [0.3, 0.4) is 0 Å². The molecule has 0 saturated carbocycles. The lowest BCUT2D eigenvalue weighted by molar-refractivity contribution is 0.143. The predicted octanol–water partition coefficient (Wildman–Crippen LogP) is 2.46. The predicted molar refractivity (Wildman–Crippen MR) is 98.0 cm³/mol. The Morgan fingerprint density at radius 3 is 2.87 bits per heavy atom. The van der Waals surface area contributed by atoms with Crippen molar-refractivity contribution in [1.82, 2.24) is 10.2 Å². The van der Waals surface area contributed by atoms with Crippen molar-refractivity contribution in [3.8, 4) is 0 Å². The van der Waals surface area contributed by atoms with Gasteiger partial charge in [-0.2, -0.15) is 0 Å². The number of nitrogens with one attached hydrogen (secondary N) is 1. The van der Waals surface area contributed by atoms with Gasteiger partial charge in [-0.3, -0.25) is 9.89 Å². The van der Waals surface area contributed by atoms with Gasteiger partial charge in [0.15, 0.2) is 5.96 Å². The van der Waals surface area contributed by atoms with E-state index in [0.29, 0.717) is 25.2 Å². The number of piperidine rings is 1. The number of aliphatic imine (C=N–C) groups is 1. The Labute approximate surface area is 143 Å². The maximum absolute atomic E-state index is 6.03. The molecule has 5 nitrogen and oxygen atoms in total. The van der Waals surface area contributed by atoms with E-state index in [2.05, 4.69) is 39.6 Å². The van der Waals surface area contributed by atoms with Crippen molar-refractivity contribution in [3.63, 3.8) is 0 Å². The summed E-state index contributed by atoms with van der Waals surface area (Å²) < 4.78 is 5.11. The second kappa shape index (κ2) is 9.25. The average Bonchev–Trinajstić information content (AvgIpc) is 3.03. The quantitative estimate of drug-likeness (QED) is 0.592. The zero-order chi connectivity index (χ0) is 16.7. The van der Waals surface area contributed by atoms with Gasteiger partial charge in [-0.15, -0.1) is 11.3 Å². The highest BCUT2D eigenvalue weighted by atomic mass is 32.1. The molecule has 2 atom stereocenters. The second-order valence-corrected chi connectivity index (χ2v) is 7.46. The lowest BCUT2D eigenvalue weighted by atomic mass is 9.97. The van der Waals surface area contributed by atoms with Crippen LogP contribution in [-0.4, -0.2) is 50.3 Å². The molecule has 2 heterocycles. The van der Waals surface area contributed by atoms with E-state index in [1.165, 1.54) is 17.7 Å². The highest BCUT2D eigenvalue weighted by molar-refractivity contribution is 7.10. The number of hydrogen-bond acceptors (Lipinski definition) is 4. The minimum Gasteiger partial charge on any atom is -0.383 e. The van der Waals surface area contributed by atoms with E-state index in [1.54, 1.807) is 7.11 Å². The average molecular weight is 339 g/mol. The Bertz CT molecular complexity index is 469. The van der Waals surface area contributed by atoms with Crippen LogP contribution in [-0.2, 0) is 4.74 Å². The summed E-state index contributed by atoms with van der Waals surface area (Å²) in [7, 11) is 1.69. The smallest absolute Gasteiger partial charge is 0.188 e. The molecule has 0 aliphatic carbocycles. The van der Waals surface area contributed by atoms with Gasteiger partial charge in [0, 0.05) is 18.0 Å². The Balaban J connectivity index is 1.98. The van der Waals surface area contributed by atoms with Crippen molar-refractivity contribution in [2.24, 2.45) is 16.6 Å². The van der Waals surface area contributed by atoms with E-state index in [9.17, 15) is 0 Å². The number of guanidine groups is 1. The Hall–Kier alpha value is -1.11. The molecule has 0 aromatic carbocycles. The maximum atomic E-state index is 6.03. The zero-order valence-electron chi connectivity index (χ0n) is 14.5. The molecule has 1 fully saturated rings. The first kappa shape index (κ1) is 18.2. The molecular weight excluding hydrogens is 308 g/mol. The molecule has 3 N–H and O–H groups in total. The van der Waals surface area contributed by atoms with E-state index < -0.39 is 0 Å². The van der Waals surface area contributed by atoms with Gasteiger partial charge in [0.05, 0.1) is 19.2 Å². The van der Waals surface area contributed by atoms with Crippen LogP contribution in [0.15, 0.2) is 22.5 Å². The summed E-state index contributed by atoms with van der Waals surface area (Å²) in [6.45, 7) is 7.99. The molecule has 0 radical (unpaired) electrons. The van der Waals surface area contributed by atoms with Crippen LogP contribution < -0.4 is 11.1 Å². The number of ether oxygens (including phenoxy) is 1. The summed E-state index contributed by atoms with van der Waals surface area (Å²) >= 11 is 1.81. The molecule has 0 bridgehead atoms. The molecule has 0 amide bonds. The van der Waals surface area contributed by atoms with Crippen LogP contribution in [0.2, 0.25) is 0 Å². The van der Waals surface area contributed by atoms with Crippen molar-refractivity contribution in [3.05, 3.63) is 22.4 Å². The number of thiophene rings is 1. The first-order chi connectivity index (χ1) is 11.1. The summed E-state index contributed by atoms with van der Waals surface area (Å²) in [5, 5.41) is 5.32. The molecule has 6 heteroatoms. The highest BCUT2D eigenvalue weighted by Crippen LogP contribution is 2.29. The van der Waals surface area contributed by atoms with Gasteiger partial charge < -0.3 is 15.8 Å². The fraction of sp³-hybridized carbons (Fsp3) is 0.706. The van der Waals surface area contributed by atoms with Crippen molar-refractivity contribution in [2.45, 2.75) is 38.8 Å². The number of methoxy groups -OCH3 is 1. The summed E-state index contributed by atoms with van der Waals surface area (Å²) in [6, 6.07) is 4.83. The SMILES string of the molecule is COCC(C)NC(N)=NCC(c1cccs1)N1CCC(C)CC1. The summed E-state index contributed by atoms with van der Waals surface area (Å²) in [5.74, 6) is 1.34. The Kier molecular flexibility index (Phi) is 7.33. The molecule has 1 aromatic heterocycles. The largest absolute Gasteiger partial charge is 0.383 e. The maximum Gasteiger partial charge on any atom is 0.188 e. The van der Waals surface area contributed by atoms with Crippen LogP contribution in [0.1, 0.15) is 37.6 Å². The highest BCUT2D eigenvalue weighted by Gasteiger charge is 2.25. The van der Waals surface area contributed by atoms with E-state index in [0.717, 1.165) is 19.0 Å². The third kappa shape index (κ3) is 5.79. The van der Waals surface area contributed by atoms with Gasteiger partial charge in [-0.05, 0) is 50.2 Å². The number of likely N-dealkylation sites (tertiary alicyclic amines) is 1. The molecule has 2 rings (SSSR count). The molecular formula is C17H30N4OS. The molecule has 1 saturated heterocycles. The fourth-order valence-corrected chi connectivity index (χ4v) is 3.83. The van der Waals surface area contributed by atoms with E-state index >= 15 is 0 Å². The van der Waals surface area contributed by atoms with E-state index in [1.807, 2.05) is 18.3 Å². The van der Waals surface area contributed by atoms with Crippen LogP contribution in [0.4, 0.5) is 0 Å². The Morgan fingerprint density at radius 2 is 2.26 bits per heavy atom. The van der Waals surface area contributed by atoms with Gasteiger partial charge in [0.25, 0.3) is 0 Å². The van der Waals surface area contributed by atoms with Crippen molar-refractivity contribution < 1.29 is 4.74 Å². The van der Waals surface area contributed by atoms with Gasteiger partial charge in [0.2, 0.25) is 0 Å². The molecule has 0 spiro atoms. The minimum atomic E-state index is 0.166. The standard InChI is InChI=1S/C17H30N4OS/c1-13-6-8-21(9-7-13)15(16-5-4-10-23-16)11-19-17(18)20-14(2)12-22-3/h4-5,10,13-15H,6-9,11-12H2,1-3H3,(H3,18,19,20). The van der Waals surface area contributed by atoms with Crippen LogP contribution in [0.5, 0.6) is 0 Å². The van der Waals surface area contributed by atoms with Crippen molar-refractivity contribution in [2.75, 3.05) is 33.4 Å². The first-order valence-corrected chi connectivity index (χ1v) is 9.31. The molecule has 2 unspecified atom stereocenters. The zero-order valence-corrected chi connectivity index (χ0v) is 15.3. The van der Waals surface area contributed by atoms with Crippen molar-refractivity contribution in [1.29, 1.82) is 0 Å². The molecule has 1 aromatic rings. The molecule has 23 heavy (non-hydrogen) atoms.